The summed E-state index contributed by atoms with van der Waals surface area (Å²) >= 11 is 1.02. The van der Waals surface area contributed by atoms with Crippen LogP contribution < -0.4 is 10.1 Å². The first-order valence-corrected chi connectivity index (χ1v) is 7.05. The van der Waals surface area contributed by atoms with Gasteiger partial charge in [0.05, 0.1) is 19.7 Å². The molecule has 0 unspecified atom stereocenters. The fourth-order valence-electron chi connectivity index (χ4n) is 1.68. The van der Waals surface area contributed by atoms with Crippen LogP contribution in [0.2, 0.25) is 0 Å². The summed E-state index contributed by atoms with van der Waals surface area (Å²) in [7, 11) is 1.45. The quantitative estimate of drug-likeness (QED) is 0.544. The second-order valence-corrected chi connectivity index (χ2v) is 5.47. The third-order valence-corrected chi connectivity index (χ3v) is 3.77. The number of amidine groups is 1. The lowest BCUT2D eigenvalue weighted by molar-refractivity contribution is -0.138. The fraction of sp³-hybridized carbons (Fsp3) is 0.231. The molecule has 1 fully saturated rings. The largest absolute Gasteiger partial charge is 0.504 e. The van der Waals surface area contributed by atoms with Gasteiger partial charge in [0.2, 0.25) is 5.91 Å². The Morgan fingerprint density at radius 1 is 1.55 bits per heavy atom. The number of phenols is 1. The van der Waals surface area contributed by atoms with Gasteiger partial charge in [-0.25, -0.2) is 0 Å². The van der Waals surface area contributed by atoms with Crippen molar-refractivity contribution in [3.05, 3.63) is 23.8 Å². The van der Waals surface area contributed by atoms with Crippen LogP contribution in [0.25, 0.3) is 0 Å². The highest BCUT2D eigenvalue weighted by atomic mass is 32.2. The summed E-state index contributed by atoms with van der Waals surface area (Å²) in [5.74, 6) is -1.13. The molecule has 0 aliphatic carbocycles. The molecule has 1 aromatic carbocycles. The van der Waals surface area contributed by atoms with E-state index in [9.17, 15) is 14.7 Å². The Hall–Kier alpha value is -2.55. The molecule has 0 radical (unpaired) electrons. The number of methoxy groups -OCH3 is 1. The van der Waals surface area contributed by atoms with Gasteiger partial charge in [-0.15, -0.1) is 5.10 Å². The lowest BCUT2D eigenvalue weighted by Crippen LogP contribution is -2.26. The predicted octanol–water partition coefficient (Wildman–Crippen LogP) is 0.797. The average molecular weight is 323 g/mol. The molecule has 1 aliphatic heterocycles. The molecule has 0 bridgehead atoms. The second kappa shape index (κ2) is 6.94. The molecule has 1 aliphatic rings. The first-order valence-electron chi connectivity index (χ1n) is 6.17. The molecule has 3 N–H and O–H groups in total. The van der Waals surface area contributed by atoms with E-state index in [1.54, 1.807) is 12.1 Å². The molecule has 0 saturated carbocycles. The number of nitrogens with one attached hydrogen (secondary N) is 1. The van der Waals surface area contributed by atoms with Crippen molar-refractivity contribution >= 4 is 35.0 Å². The van der Waals surface area contributed by atoms with Gasteiger partial charge in [-0.3, -0.25) is 9.59 Å². The molecule has 2 rings (SSSR count). The van der Waals surface area contributed by atoms with Gasteiger partial charge in [-0.1, -0.05) is 11.8 Å². The Bertz CT molecular complexity index is 659. The maximum atomic E-state index is 11.5. The van der Waals surface area contributed by atoms with Gasteiger partial charge in [0.25, 0.3) is 0 Å². The number of carboxylic acid groups (broad SMARTS) is 1. The van der Waals surface area contributed by atoms with E-state index in [4.69, 9.17) is 9.84 Å². The van der Waals surface area contributed by atoms with Crippen LogP contribution in [0, 0.1) is 0 Å². The van der Waals surface area contributed by atoms with Gasteiger partial charge in [0, 0.05) is 0 Å². The number of carboxylic acids is 1. The van der Waals surface area contributed by atoms with Crippen molar-refractivity contribution in [2.75, 3.05) is 7.11 Å². The summed E-state index contributed by atoms with van der Waals surface area (Å²) in [6.07, 6.45) is 1.12. The van der Waals surface area contributed by atoms with Crippen molar-refractivity contribution in [1.29, 1.82) is 0 Å². The normalized spacial score (nSPS) is 19.6. The third kappa shape index (κ3) is 3.98. The Morgan fingerprint density at radius 2 is 2.32 bits per heavy atom. The number of aliphatic carboxylic acids is 1. The first kappa shape index (κ1) is 15.8. The molecule has 1 saturated heterocycles. The molecule has 116 valence electrons. The van der Waals surface area contributed by atoms with E-state index < -0.39 is 17.1 Å². The molecule has 0 spiro atoms. The number of thioether (sulfide) groups is 1. The zero-order valence-corrected chi connectivity index (χ0v) is 12.3. The van der Waals surface area contributed by atoms with Gasteiger partial charge in [-0.05, 0) is 23.8 Å². The second-order valence-electron chi connectivity index (χ2n) is 4.27. The van der Waals surface area contributed by atoms with Crippen molar-refractivity contribution in [2.24, 2.45) is 10.2 Å². The number of carbonyl (C=O) groups is 2. The Balaban J connectivity index is 2.01. The molecule has 1 heterocycles. The Morgan fingerprint density at radius 3 is 2.95 bits per heavy atom. The zero-order valence-electron chi connectivity index (χ0n) is 11.5. The minimum absolute atomic E-state index is 0.0239. The molecule has 8 nitrogen and oxygen atoms in total. The number of hydrogen-bond acceptors (Lipinski definition) is 7. The van der Waals surface area contributed by atoms with E-state index in [1.807, 2.05) is 0 Å². The van der Waals surface area contributed by atoms with E-state index in [0.29, 0.717) is 11.3 Å². The molecule has 1 aromatic rings. The minimum atomic E-state index is -1.05. The average Bonchev–Trinajstić information content (AvgIpc) is 2.78. The molecule has 1 amide bonds. The van der Waals surface area contributed by atoms with Gasteiger partial charge < -0.3 is 20.3 Å². The lowest BCUT2D eigenvalue weighted by atomic mass is 10.2. The molecule has 1 atom stereocenters. The number of rotatable bonds is 5. The summed E-state index contributed by atoms with van der Waals surface area (Å²) in [5, 5.41) is 27.9. The van der Waals surface area contributed by atoms with Crippen molar-refractivity contribution in [2.45, 2.75) is 11.7 Å². The number of aromatic hydroxyl groups is 1. The first-order chi connectivity index (χ1) is 10.5. The number of phenolic OH excluding ortho intramolecular Hbond substituents is 1. The summed E-state index contributed by atoms with van der Waals surface area (Å²) in [6.45, 7) is 0. The van der Waals surface area contributed by atoms with Gasteiger partial charge in [-0.2, -0.15) is 5.10 Å². The SMILES string of the molecule is COc1ccc(/C=N\N=C2\NC(=O)[C@H](CC(=O)O)S2)cc1O. The van der Waals surface area contributed by atoms with Crippen LogP contribution in [0.1, 0.15) is 12.0 Å². The van der Waals surface area contributed by atoms with E-state index in [1.165, 1.54) is 19.4 Å². The lowest BCUT2D eigenvalue weighted by Gasteiger charge is -2.02. The Kier molecular flexibility index (Phi) is 4.99. The fourth-order valence-corrected chi connectivity index (χ4v) is 2.60. The highest BCUT2D eigenvalue weighted by molar-refractivity contribution is 8.15. The molecule has 9 heteroatoms. The zero-order chi connectivity index (χ0) is 16.1. The van der Waals surface area contributed by atoms with Crippen molar-refractivity contribution in [3.63, 3.8) is 0 Å². The topological polar surface area (TPSA) is 121 Å². The number of hydrogen-bond donors (Lipinski definition) is 3. The van der Waals surface area contributed by atoms with Crippen molar-refractivity contribution in [3.8, 4) is 11.5 Å². The number of carbonyl (C=O) groups excluding carboxylic acids is 1. The predicted molar refractivity (Wildman–Crippen MR) is 81.5 cm³/mol. The van der Waals surface area contributed by atoms with Crippen LogP contribution in [0.3, 0.4) is 0 Å². The maximum Gasteiger partial charge on any atom is 0.305 e. The molecule has 22 heavy (non-hydrogen) atoms. The van der Waals surface area contributed by atoms with Crippen LogP contribution >= 0.6 is 11.8 Å². The van der Waals surface area contributed by atoms with Crippen LogP contribution in [-0.2, 0) is 9.59 Å². The van der Waals surface area contributed by atoms with Gasteiger partial charge >= 0.3 is 5.97 Å². The summed E-state index contributed by atoms with van der Waals surface area (Å²) in [4.78, 5) is 22.1. The number of nitrogens with zero attached hydrogens (tertiary/aromatic N) is 2. The summed E-state index contributed by atoms with van der Waals surface area (Å²) in [6, 6.07) is 4.71. The van der Waals surface area contributed by atoms with Crippen LogP contribution in [-0.4, -0.2) is 45.8 Å². The number of benzene rings is 1. The molecular weight excluding hydrogens is 310 g/mol. The van der Waals surface area contributed by atoms with E-state index in [2.05, 4.69) is 15.5 Å². The standard InChI is InChI=1S/C13H13N3O5S/c1-21-9-3-2-7(4-8(9)17)6-14-16-13-15-12(20)10(22-13)5-11(18)19/h2-4,6,10,17H,5H2,1H3,(H,18,19)(H,15,16,20)/b14-6-/t10-/m0/s1. The number of ether oxygens (including phenoxy) is 1. The number of amides is 1. The van der Waals surface area contributed by atoms with E-state index >= 15 is 0 Å². The summed E-state index contributed by atoms with van der Waals surface area (Å²) in [5.41, 5.74) is 0.596. The van der Waals surface area contributed by atoms with Crippen LogP contribution in [0.4, 0.5) is 0 Å². The monoisotopic (exact) mass is 323 g/mol. The smallest absolute Gasteiger partial charge is 0.305 e. The molecule has 0 aromatic heterocycles. The molecular formula is C13H13N3O5S. The Labute approximate surface area is 129 Å². The van der Waals surface area contributed by atoms with Crippen LogP contribution in [0.15, 0.2) is 28.4 Å². The van der Waals surface area contributed by atoms with Gasteiger partial charge in [0.1, 0.15) is 5.25 Å². The maximum absolute atomic E-state index is 11.5. The van der Waals surface area contributed by atoms with E-state index in [-0.39, 0.29) is 17.3 Å². The highest BCUT2D eigenvalue weighted by Crippen LogP contribution is 2.25. The highest BCUT2D eigenvalue weighted by Gasteiger charge is 2.32. The van der Waals surface area contributed by atoms with Crippen LogP contribution in [0.5, 0.6) is 11.5 Å². The van der Waals surface area contributed by atoms with Crippen molar-refractivity contribution < 1.29 is 24.5 Å². The van der Waals surface area contributed by atoms with Gasteiger partial charge in [0.15, 0.2) is 16.7 Å². The third-order valence-electron chi connectivity index (χ3n) is 2.69. The van der Waals surface area contributed by atoms with Crippen molar-refractivity contribution in [1.82, 2.24) is 5.32 Å². The van der Waals surface area contributed by atoms with E-state index in [0.717, 1.165) is 11.8 Å². The minimum Gasteiger partial charge on any atom is -0.504 e. The summed E-state index contributed by atoms with van der Waals surface area (Å²) < 4.78 is 4.92.